The number of nitrogens with zero attached hydrogens (tertiary/aromatic N) is 2. The third-order valence-electron chi connectivity index (χ3n) is 5.29. The predicted molar refractivity (Wildman–Crippen MR) is 136 cm³/mol. The van der Waals surface area contributed by atoms with E-state index in [9.17, 15) is 10.2 Å². The Labute approximate surface area is 214 Å². The van der Waals surface area contributed by atoms with Gasteiger partial charge in [-0.3, -0.25) is 14.1 Å². The molecule has 4 aromatic rings. The van der Waals surface area contributed by atoms with Crippen LogP contribution in [0, 0.1) is 14.1 Å². The van der Waals surface area contributed by atoms with Crippen LogP contribution in [-0.4, -0.2) is 16.9 Å². The molecule has 4 N–H and O–H groups in total. The maximum atomic E-state index is 10.2. The van der Waals surface area contributed by atoms with Crippen molar-refractivity contribution in [3.05, 3.63) is 111 Å². The van der Waals surface area contributed by atoms with Crippen molar-refractivity contribution < 1.29 is 31.3 Å². The molecule has 0 saturated carbocycles. The van der Waals surface area contributed by atoms with Gasteiger partial charge in [0.1, 0.15) is 11.5 Å². The summed E-state index contributed by atoms with van der Waals surface area (Å²) in [5.74, 6) is 0.322. The van der Waals surface area contributed by atoms with Gasteiger partial charge < -0.3 is 30.6 Å². The van der Waals surface area contributed by atoms with Crippen molar-refractivity contribution in [1.82, 2.24) is 0 Å². The number of anilines is 6. The van der Waals surface area contributed by atoms with Crippen LogP contribution in [0.2, 0.25) is 0 Å². The molecular formula is C27H26N4O2Pt. The van der Waals surface area contributed by atoms with Gasteiger partial charge in [0.2, 0.25) is 0 Å². The Balaban J connectivity index is 0.00000324. The van der Waals surface area contributed by atoms with Crippen molar-refractivity contribution in [1.29, 1.82) is 0 Å². The summed E-state index contributed by atoms with van der Waals surface area (Å²) in [6, 6.07) is 29.7. The van der Waals surface area contributed by atoms with Crippen LogP contribution in [0.25, 0.3) is 0 Å². The Morgan fingerprint density at radius 3 is 1.24 bits per heavy atom. The van der Waals surface area contributed by atoms with E-state index in [2.05, 4.69) is 24.7 Å². The summed E-state index contributed by atoms with van der Waals surface area (Å²) in [4.78, 5) is 3.39. The number of hydrogen-bond acceptors (Lipinski definition) is 6. The van der Waals surface area contributed by atoms with Crippen molar-refractivity contribution in [3.63, 3.8) is 0 Å². The summed E-state index contributed by atoms with van der Waals surface area (Å²) < 4.78 is 0. The number of rotatable bonds is 8. The number of phenols is 2. The molecular weight excluding hydrogens is 607 g/mol. The number of hydrogen-bond donors (Lipinski definition) is 4. The Bertz CT molecular complexity index is 1140. The van der Waals surface area contributed by atoms with Crippen LogP contribution in [0.3, 0.4) is 0 Å². The monoisotopic (exact) mass is 633 g/mol. The zero-order valence-electron chi connectivity index (χ0n) is 18.5. The molecule has 0 fully saturated rings. The maximum Gasteiger partial charge on any atom is 2.00 e. The van der Waals surface area contributed by atoms with Gasteiger partial charge in [-0.2, -0.15) is 0 Å². The van der Waals surface area contributed by atoms with Crippen molar-refractivity contribution in [3.8, 4) is 11.5 Å². The summed E-state index contributed by atoms with van der Waals surface area (Å²) in [6.45, 7) is 0.428. The number of benzene rings is 4. The zero-order chi connectivity index (χ0) is 23.2. The molecule has 0 spiro atoms. The molecule has 0 aliphatic rings. The minimum Gasteiger partial charge on any atom is -0.506 e. The van der Waals surface area contributed by atoms with E-state index in [0.29, 0.717) is 18.0 Å². The molecule has 0 radical (unpaired) electrons. The summed E-state index contributed by atoms with van der Waals surface area (Å²) in [6.07, 6.45) is 0. The number of aromatic hydroxyl groups is 2. The molecule has 6 nitrogen and oxygen atoms in total. The van der Waals surface area contributed by atoms with Crippen LogP contribution in [0.5, 0.6) is 11.5 Å². The molecule has 0 bridgehead atoms. The molecule has 0 heterocycles. The SMILES string of the molecule is [CH2-]N(c1ccccc1O)c1ccccc1NCNc1ccccc1N([CH2-])c1ccccc1O.[Pt+2]. The first-order chi connectivity index (χ1) is 16.1. The average molecular weight is 634 g/mol. The van der Waals surface area contributed by atoms with Gasteiger partial charge in [0.25, 0.3) is 0 Å². The molecule has 0 aliphatic heterocycles. The fourth-order valence-electron chi connectivity index (χ4n) is 3.60. The van der Waals surface area contributed by atoms with Gasteiger partial charge in [-0.1, -0.05) is 48.5 Å². The standard InChI is InChI=1S/C27H26N4O2.Pt/c1-30(24-15-7-9-17-26(24)32)22-13-5-3-11-20(22)28-19-29-21-12-4-6-14-23(21)31(2)25-16-8-10-18-27(25)33;/h3-18,28-29,32-33H,1-2,19H2;/q-2;+2. The summed E-state index contributed by atoms with van der Waals surface area (Å²) in [5, 5.41) is 27.2. The van der Waals surface area contributed by atoms with Crippen LogP contribution in [0.15, 0.2) is 97.1 Å². The van der Waals surface area contributed by atoms with Crippen molar-refractivity contribution in [2.24, 2.45) is 0 Å². The molecule has 0 aliphatic carbocycles. The van der Waals surface area contributed by atoms with E-state index in [-0.39, 0.29) is 32.6 Å². The normalized spacial score (nSPS) is 10.2. The first-order valence-electron chi connectivity index (χ1n) is 10.5. The first-order valence-corrected chi connectivity index (χ1v) is 10.5. The predicted octanol–water partition coefficient (Wildman–Crippen LogP) is 6.44. The molecule has 0 unspecified atom stereocenters. The molecule has 0 atom stereocenters. The molecule has 0 aromatic heterocycles. The quantitative estimate of drug-likeness (QED) is 0.132. The minimum absolute atomic E-state index is 0. The second kappa shape index (κ2) is 11.5. The van der Waals surface area contributed by atoms with Crippen LogP contribution in [0.4, 0.5) is 34.1 Å². The summed E-state index contributed by atoms with van der Waals surface area (Å²) >= 11 is 0. The molecule has 4 rings (SSSR count). The van der Waals surface area contributed by atoms with Crippen LogP contribution >= 0.6 is 0 Å². The van der Waals surface area contributed by atoms with E-state index in [1.165, 1.54) is 0 Å². The number of nitrogens with one attached hydrogen (secondary N) is 2. The summed E-state index contributed by atoms with van der Waals surface area (Å²) in [7, 11) is 8.24. The van der Waals surface area contributed by atoms with Gasteiger partial charge in [-0.05, 0) is 48.5 Å². The Morgan fingerprint density at radius 2 is 0.853 bits per heavy atom. The van der Waals surface area contributed by atoms with Crippen LogP contribution < -0.4 is 20.4 Å². The maximum absolute atomic E-state index is 10.2. The second-order valence-electron chi connectivity index (χ2n) is 7.40. The summed E-state index contributed by atoms with van der Waals surface area (Å²) in [5.41, 5.74) is 4.57. The molecule has 34 heavy (non-hydrogen) atoms. The largest absolute Gasteiger partial charge is 2.00 e. The van der Waals surface area contributed by atoms with Crippen molar-refractivity contribution in [2.75, 3.05) is 27.1 Å². The fraction of sp³-hybridized carbons (Fsp3) is 0.0370. The number of phenolic OH excluding ortho intramolecular Hbond substituents is 2. The van der Waals surface area contributed by atoms with Gasteiger partial charge >= 0.3 is 21.1 Å². The smallest absolute Gasteiger partial charge is 0.506 e. The van der Waals surface area contributed by atoms with Crippen molar-refractivity contribution >= 4 is 34.1 Å². The minimum atomic E-state index is 0. The topological polar surface area (TPSA) is 71.0 Å². The van der Waals surface area contributed by atoms with Gasteiger partial charge in [-0.15, -0.1) is 0 Å². The van der Waals surface area contributed by atoms with Gasteiger partial charge in [0.15, 0.2) is 0 Å². The Hall–Kier alpha value is -3.63. The average Bonchev–Trinajstić information content (AvgIpc) is 2.84. The van der Waals surface area contributed by atoms with Gasteiger partial charge in [0.05, 0.1) is 29.4 Å². The number of para-hydroxylation sites is 8. The molecule has 0 amide bonds. The second-order valence-corrected chi connectivity index (χ2v) is 7.40. The van der Waals surface area contributed by atoms with Crippen molar-refractivity contribution in [2.45, 2.75) is 0 Å². The van der Waals surface area contributed by atoms with E-state index in [4.69, 9.17) is 0 Å². The Morgan fingerprint density at radius 1 is 0.529 bits per heavy atom. The van der Waals surface area contributed by atoms with E-state index < -0.39 is 0 Å². The van der Waals surface area contributed by atoms with E-state index in [1.807, 2.05) is 72.8 Å². The van der Waals surface area contributed by atoms with Crippen LogP contribution in [-0.2, 0) is 21.1 Å². The van der Waals surface area contributed by atoms with E-state index in [0.717, 1.165) is 22.7 Å². The third kappa shape index (κ3) is 5.46. The fourth-order valence-corrected chi connectivity index (χ4v) is 3.60. The molecule has 4 aromatic carbocycles. The third-order valence-corrected chi connectivity index (χ3v) is 5.29. The molecule has 176 valence electrons. The van der Waals surface area contributed by atoms with E-state index >= 15 is 0 Å². The first kappa shape index (κ1) is 25.0. The van der Waals surface area contributed by atoms with E-state index in [1.54, 1.807) is 34.1 Å². The van der Waals surface area contributed by atoms with Gasteiger partial charge in [-0.25, -0.2) is 0 Å². The van der Waals surface area contributed by atoms with Crippen LogP contribution in [0.1, 0.15) is 0 Å². The molecule has 7 heteroatoms. The van der Waals surface area contributed by atoms with Gasteiger partial charge in [0, 0.05) is 11.4 Å². The Kier molecular flexibility index (Phi) is 8.44. The molecule has 0 saturated heterocycles. The zero-order valence-corrected chi connectivity index (χ0v) is 20.7.